The predicted molar refractivity (Wildman–Crippen MR) is 74.1 cm³/mol. The third-order valence-corrected chi connectivity index (χ3v) is 5.19. The van der Waals surface area contributed by atoms with E-state index in [1.165, 1.54) is 25.5 Å². The predicted octanol–water partition coefficient (Wildman–Crippen LogP) is 0.886. The summed E-state index contributed by atoms with van der Waals surface area (Å²) in [5, 5.41) is 1.92. The van der Waals surface area contributed by atoms with Crippen LogP contribution in [-0.4, -0.2) is 39.4 Å². The van der Waals surface area contributed by atoms with E-state index in [2.05, 4.69) is 9.46 Å². The molecule has 0 spiro atoms. The second kappa shape index (κ2) is 6.99. The molecule has 0 saturated heterocycles. The Bertz CT molecular complexity index is 525. The quantitative estimate of drug-likeness (QED) is 0.759. The van der Waals surface area contributed by atoms with Gasteiger partial charge < -0.3 is 4.74 Å². The third-order valence-electron chi connectivity index (χ3n) is 2.65. The maximum atomic E-state index is 11.9. The number of nitrogens with zero attached hydrogens (tertiary/aromatic N) is 1. The van der Waals surface area contributed by atoms with Gasteiger partial charge in [-0.05, 0) is 23.9 Å². The Kier molecular flexibility index (Phi) is 5.92. The van der Waals surface area contributed by atoms with Crippen LogP contribution in [0.3, 0.4) is 0 Å². The van der Waals surface area contributed by atoms with E-state index in [-0.39, 0.29) is 19.5 Å². The topological polar surface area (TPSA) is 75.7 Å². The summed E-state index contributed by atoms with van der Waals surface area (Å²) in [5.74, 6) is -0.434. The van der Waals surface area contributed by atoms with Crippen LogP contribution in [-0.2, 0) is 26.3 Å². The average molecular weight is 306 g/mol. The SMILES string of the molecule is COC(=O)CCN(C)S(=O)(=O)NCc1sccc1C. The number of rotatable bonds is 7. The van der Waals surface area contributed by atoms with Gasteiger partial charge in [0.15, 0.2) is 0 Å². The molecule has 0 aromatic carbocycles. The number of nitrogens with one attached hydrogen (secondary N) is 1. The molecule has 8 heteroatoms. The summed E-state index contributed by atoms with van der Waals surface area (Å²) in [6, 6.07) is 1.94. The standard InChI is InChI=1S/C11H18N2O4S2/c1-9-5-7-18-10(9)8-12-19(15,16)13(2)6-4-11(14)17-3/h5,7,12H,4,6,8H2,1-3H3. The summed E-state index contributed by atoms with van der Waals surface area (Å²) in [6.45, 7) is 2.28. The van der Waals surface area contributed by atoms with Gasteiger partial charge in [0.05, 0.1) is 13.5 Å². The molecule has 1 aromatic heterocycles. The van der Waals surface area contributed by atoms with Gasteiger partial charge in [-0.15, -0.1) is 11.3 Å². The molecule has 1 rings (SSSR count). The molecule has 1 heterocycles. The Morgan fingerprint density at radius 3 is 2.74 bits per heavy atom. The van der Waals surface area contributed by atoms with E-state index in [1.807, 2.05) is 18.4 Å². The molecule has 0 unspecified atom stereocenters. The number of carbonyl (C=O) groups is 1. The highest BCUT2D eigenvalue weighted by molar-refractivity contribution is 7.87. The Hall–Kier alpha value is -0.960. The van der Waals surface area contributed by atoms with Gasteiger partial charge in [-0.2, -0.15) is 17.4 Å². The van der Waals surface area contributed by atoms with Crippen LogP contribution in [0.5, 0.6) is 0 Å². The smallest absolute Gasteiger partial charge is 0.306 e. The number of methoxy groups -OCH3 is 1. The Morgan fingerprint density at radius 1 is 1.53 bits per heavy atom. The first kappa shape index (κ1) is 16.1. The number of carbonyl (C=O) groups excluding carboxylic acids is 1. The molecule has 1 N–H and O–H groups in total. The van der Waals surface area contributed by atoms with Crippen LogP contribution >= 0.6 is 11.3 Å². The van der Waals surface area contributed by atoms with Crippen LogP contribution in [0.1, 0.15) is 16.9 Å². The van der Waals surface area contributed by atoms with Gasteiger partial charge in [-0.25, -0.2) is 0 Å². The van der Waals surface area contributed by atoms with Crippen molar-refractivity contribution in [1.82, 2.24) is 9.03 Å². The first-order valence-electron chi connectivity index (χ1n) is 5.67. The molecule has 0 aliphatic rings. The monoisotopic (exact) mass is 306 g/mol. The van der Waals surface area contributed by atoms with Crippen molar-refractivity contribution in [3.05, 3.63) is 21.9 Å². The summed E-state index contributed by atoms with van der Waals surface area (Å²) < 4.78 is 31.9. The van der Waals surface area contributed by atoms with Crippen LogP contribution in [0, 0.1) is 6.92 Å². The number of aryl methyl sites for hydroxylation is 1. The van der Waals surface area contributed by atoms with Crippen molar-refractivity contribution in [3.63, 3.8) is 0 Å². The van der Waals surface area contributed by atoms with Crippen molar-refractivity contribution in [2.24, 2.45) is 0 Å². The highest BCUT2D eigenvalue weighted by Crippen LogP contribution is 2.15. The van der Waals surface area contributed by atoms with Crippen molar-refractivity contribution in [2.45, 2.75) is 19.9 Å². The van der Waals surface area contributed by atoms with Gasteiger partial charge in [-0.1, -0.05) is 0 Å². The maximum Gasteiger partial charge on any atom is 0.306 e. The van der Waals surface area contributed by atoms with E-state index in [4.69, 9.17) is 0 Å². The molecule has 0 radical (unpaired) electrons. The van der Waals surface area contributed by atoms with E-state index in [0.29, 0.717) is 0 Å². The zero-order valence-corrected chi connectivity index (χ0v) is 12.8. The van der Waals surface area contributed by atoms with E-state index >= 15 is 0 Å². The zero-order valence-electron chi connectivity index (χ0n) is 11.2. The largest absolute Gasteiger partial charge is 0.469 e. The molecule has 0 bridgehead atoms. The van der Waals surface area contributed by atoms with Gasteiger partial charge in [-0.3, -0.25) is 4.79 Å². The van der Waals surface area contributed by atoms with Crippen LogP contribution in [0.2, 0.25) is 0 Å². The molecule has 0 fully saturated rings. The van der Waals surface area contributed by atoms with Gasteiger partial charge in [0.2, 0.25) is 0 Å². The minimum Gasteiger partial charge on any atom is -0.469 e. The lowest BCUT2D eigenvalue weighted by molar-refractivity contribution is -0.140. The second-order valence-electron chi connectivity index (χ2n) is 4.00. The summed E-state index contributed by atoms with van der Waals surface area (Å²) in [6.07, 6.45) is 0.0337. The fraction of sp³-hybridized carbons (Fsp3) is 0.545. The van der Waals surface area contributed by atoms with Gasteiger partial charge in [0.25, 0.3) is 10.2 Å². The Balaban J connectivity index is 2.51. The highest BCUT2D eigenvalue weighted by Gasteiger charge is 2.18. The van der Waals surface area contributed by atoms with Crippen LogP contribution in [0.4, 0.5) is 0 Å². The minimum absolute atomic E-state index is 0.0337. The summed E-state index contributed by atoms with van der Waals surface area (Å²) >= 11 is 1.50. The van der Waals surface area contributed by atoms with Crippen molar-refractivity contribution in [3.8, 4) is 0 Å². The lowest BCUT2D eigenvalue weighted by Crippen LogP contribution is -2.38. The van der Waals surface area contributed by atoms with Crippen LogP contribution < -0.4 is 4.72 Å². The molecule has 0 amide bonds. The molecule has 1 aromatic rings. The first-order valence-corrected chi connectivity index (χ1v) is 7.99. The lowest BCUT2D eigenvalue weighted by atomic mass is 10.3. The van der Waals surface area contributed by atoms with Crippen LogP contribution in [0.25, 0.3) is 0 Å². The number of esters is 1. The zero-order chi connectivity index (χ0) is 14.5. The fourth-order valence-electron chi connectivity index (χ4n) is 1.32. The van der Waals surface area contributed by atoms with Crippen LogP contribution in [0.15, 0.2) is 11.4 Å². The number of hydrogen-bond donors (Lipinski definition) is 1. The van der Waals surface area contributed by atoms with E-state index in [9.17, 15) is 13.2 Å². The second-order valence-corrected chi connectivity index (χ2v) is 6.86. The highest BCUT2D eigenvalue weighted by atomic mass is 32.2. The Morgan fingerprint density at radius 2 is 2.21 bits per heavy atom. The number of thiophene rings is 1. The molecular formula is C11H18N2O4S2. The number of ether oxygens (including phenoxy) is 1. The summed E-state index contributed by atoms with van der Waals surface area (Å²) in [7, 11) is -0.879. The summed E-state index contributed by atoms with van der Waals surface area (Å²) in [4.78, 5) is 11.9. The fourth-order valence-corrected chi connectivity index (χ4v) is 3.14. The molecule has 108 valence electrons. The minimum atomic E-state index is -3.57. The normalized spacial score (nSPS) is 11.8. The maximum absolute atomic E-state index is 11.9. The van der Waals surface area contributed by atoms with Crippen molar-refractivity contribution in [2.75, 3.05) is 20.7 Å². The molecule has 19 heavy (non-hydrogen) atoms. The van der Waals surface area contributed by atoms with E-state index in [1.54, 1.807) is 0 Å². The van der Waals surface area contributed by atoms with Gasteiger partial charge in [0.1, 0.15) is 0 Å². The number of hydrogen-bond acceptors (Lipinski definition) is 5. The first-order chi connectivity index (χ1) is 8.86. The molecule has 0 atom stereocenters. The van der Waals surface area contributed by atoms with Crippen molar-refractivity contribution < 1.29 is 17.9 Å². The van der Waals surface area contributed by atoms with Crippen molar-refractivity contribution in [1.29, 1.82) is 0 Å². The van der Waals surface area contributed by atoms with E-state index in [0.717, 1.165) is 14.7 Å². The van der Waals surface area contributed by atoms with Crippen molar-refractivity contribution >= 4 is 27.5 Å². The van der Waals surface area contributed by atoms with Gasteiger partial charge >= 0.3 is 5.97 Å². The van der Waals surface area contributed by atoms with Gasteiger partial charge in [0, 0.05) is 25.0 Å². The molecule has 0 aliphatic carbocycles. The summed E-state index contributed by atoms with van der Waals surface area (Å²) in [5.41, 5.74) is 1.06. The van der Waals surface area contributed by atoms with E-state index < -0.39 is 16.2 Å². The molecule has 6 nitrogen and oxygen atoms in total. The molecule has 0 saturated carbocycles. The molecular weight excluding hydrogens is 288 g/mol. The lowest BCUT2D eigenvalue weighted by Gasteiger charge is -2.16. The average Bonchev–Trinajstić information content (AvgIpc) is 2.78. The molecule has 0 aliphatic heterocycles. The third kappa shape index (κ3) is 4.90. The Labute approximate surface area is 117 Å².